The van der Waals surface area contributed by atoms with Crippen molar-refractivity contribution in [3.8, 4) is 0 Å². The van der Waals surface area contributed by atoms with Crippen molar-refractivity contribution in [1.29, 1.82) is 0 Å². The van der Waals surface area contributed by atoms with E-state index >= 15 is 0 Å². The maximum absolute atomic E-state index is 12.4. The number of hydrogen-bond acceptors (Lipinski definition) is 5. The average Bonchev–Trinajstić information content (AvgIpc) is 2.91. The Morgan fingerprint density at radius 2 is 1.88 bits per heavy atom. The van der Waals surface area contributed by atoms with Crippen LogP contribution >= 0.6 is 11.8 Å². The van der Waals surface area contributed by atoms with E-state index < -0.39 is 11.1 Å². The topological polar surface area (TPSA) is 66.9 Å². The van der Waals surface area contributed by atoms with E-state index in [1.54, 1.807) is 17.1 Å². The smallest absolute Gasteiger partial charge is 0.294 e. The van der Waals surface area contributed by atoms with Crippen LogP contribution in [0, 0.1) is 0 Å². The quantitative estimate of drug-likeness (QED) is 0.772. The van der Waals surface area contributed by atoms with Gasteiger partial charge in [-0.3, -0.25) is 19.3 Å². The SMILES string of the molecule is O=C(CN1C(=O)SC(=CC=Cc2ccccc2)C1=O)N1CCOCC1. The number of morpholine rings is 1. The summed E-state index contributed by atoms with van der Waals surface area (Å²) in [6.07, 6.45) is 5.19. The molecule has 25 heavy (non-hydrogen) atoms. The highest BCUT2D eigenvalue weighted by Gasteiger charge is 2.36. The summed E-state index contributed by atoms with van der Waals surface area (Å²) in [6.45, 7) is 1.73. The van der Waals surface area contributed by atoms with Crippen LogP contribution in [0.3, 0.4) is 0 Å². The van der Waals surface area contributed by atoms with Crippen molar-refractivity contribution in [2.75, 3.05) is 32.8 Å². The third-order valence-corrected chi connectivity index (χ3v) is 4.79. The Bertz CT molecular complexity index is 724. The van der Waals surface area contributed by atoms with Gasteiger partial charge in [0, 0.05) is 13.1 Å². The molecule has 0 spiro atoms. The van der Waals surface area contributed by atoms with Crippen LogP contribution in [0.1, 0.15) is 5.56 Å². The van der Waals surface area contributed by atoms with Gasteiger partial charge in [-0.1, -0.05) is 42.5 Å². The summed E-state index contributed by atoms with van der Waals surface area (Å²) in [5, 5.41) is -0.411. The third kappa shape index (κ3) is 4.37. The molecule has 0 aliphatic carbocycles. The van der Waals surface area contributed by atoms with Crippen LogP contribution in [0.4, 0.5) is 4.79 Å². The zero-order chi connectivity index (χ0) is 17.6. The van der Waals surface area contributed by atoms with Crippen LogP contribution in [0.2, 0.25) is 0 Å². The van der Waals surface area contributed by atoms with Crippen LogP contribution in [0.5, 0.6) is 0 Å². The lowest BCUT2D eigenvalue weighted by atomic mass is 10.2. The molecule has 0 unspecified atom stereocenters. The molecule has 0 atom stereocenters. The molecule has 3 amide bonds. The number of amides is 3. The number of rotatable bonds is 4. The Balaban J connectivity index is 1.62. The second kappa shape index (κ2) is 8.13. The fraction of sp³-hybridized carbons (Fsp3) is 0.278. The molecule has 7 heteroatoms. The van der Waals surface area contributed by atoms with Gasteiger partial charge in [-0.15, -0.1) is 0 Å². The highest BCUT2D eigenvalue weighted by atomic mass is 32.2. The van der Waals surface area contributed by atoms with E-state index in [0.29, 0.717) is 31.2 Å². The van der Waals surface area contributed by atoms with Crippen LogP contribution < -0.4 is 0 Å². The molecule has 0 bridgehead atoms. The number of ether oxygens (including phenoxy) is 1. The molecule has 2 heterocycles. The van der Waals surface area contributed by atoms with E-state index in [2.05, 4.69) is 0 Å². The maximum Gasteiger partial charge on any atom is 0.294 e. The van der Waals surface area contributed by atoms with Crippen molar-refractivity contribution in [3.63, 3.8) is 0 Å². The predicted molar refractivity (Wildman–Crippen MR) is 95.7 cm³/mol. The molecule has 2 fully saturated rings. The minimum absolute atomic E-state index is 0.218. The van der Waals surface area contributed by atoms with E-state index in [1.165, 1.54) is 0 Å². The molecule has 3 rings (SSSR count). The number of allylic oxidation sites excluding steroid dienone is 2. The molecule has 2 aliphatic rings. The molecule has 0 N–H and O–H groups in total. The number of benzene rings is 1. The lowest BCUT2D eigenvalue weighted by Crippen LogP contribution is -2.46. The summed E-state index contributed by atoms with van der Waals surface area (Å²) in [4.78, 5) is 39.6. The Kier molecular flexibility index (Phi) is 5.67. The van der Waals surface area contributed by atoms with Gasteiger partial charge in [0.25, 0.3) is 11.1 Å². The second-order valence-corrected chi connectivity index (χ2v) is 6.55. The molecule has 6 nitrogen and oxygen atoms in total. The Labute approximate surface area is 150 Å². The van der Waals surface area contributed by atoms with E-state index in [0.717, 1.165) is 22.2 Å². The fourth-order valence-corrected chi connectivity index (χ4v) is 3.30. The van der Waals surface area contributed by atoms with Gasteiger partial charge < -0.3 is 9.64 Å². The zero-order valence-electron chi connectivity index (χ0n) is 13.6. The van der Waals surface area contributed by atoms with Crippen molar-refractivity contribution < 1.29 is 19.1 Å². The van der Waals surface area contributed by atoms with E-state index in [4.69, 9.17) is 4.74 Å². The molecular weight excluding hydrogens is 340 g/mol. The summed E-state index contributed by atoms with van der Waals surface area (Å²) in [6, 6.07) is 9.65. The van der Waals surface area contributed by atoms with Gasteiger partial charge in [-0.25, -0.2) is 0 Å². The summed E-state index contributed by atoms with van der Waals surface area (Å²) >= 11 is 0.857. The van der Waals surface area contributed by atoms with Gasteiger partial charge in [0.15, 0.2) is 0 Å². The first kappa shape index (κ1) is 17.4. The van der Waals surface area contributed by atoms with Crippen molar-refractivity contribution in [3.05, 3.63) is 53.0 Å². The average molecular weight is 358 g/mol. The summed E-state index contributed by atoms with van der Waals surface area (Å²) in [5.74, 6) is -0.652. The Morgan fingerprint density at radius 1 is 1.16 bits per heavy atom. The van der Waals surface area contributed by atoms with Crippen LogP contribution in [-0.2, 0) is 14.3 Å². The number of hydrogen-bond donors (Lipinski definition) is 0. The first-order chi connectivity index (χ1) is 12.1. The molecule has 2 saturated heterocycles. The summed E-state index contributed by atoms with van der Waals surface area (Å²) in [7, 11) is 0. The summed E-state index contributed by atoms with van der Waals surface area (Å²) in [5.41, 5.74) is 1.00. The molecule has 1 aromatic carbocycles. The fourth-order valence-electron chi connectivity index (χ4n) is 2.51. The van der Waals surface area contributed by atoms with Crippen LogP contribution in [-0.4, -0.2) is 59.7 Å². The lowest BCUT2D eigenvalue weighted by molar-refractivity contribution is -0.139. The minimum atomic E-state index is -0.422. The zero-order valence-corrected chi connectivity index (χ0v) is 14.4. The second-order valence-electron chi connectivity index (χ2n) is 5.55. The lowest BCUT2D eigenvalue weighted by Gasteiger charge is -2.27. The first-order valence-corrected chi connectivity index (χ1v) is 8.79. The number of imide groups is 1. The monoisotopic (exact) mass is 358 g/mol. The highest BCUT2D eigenvalue weighted by molar-refractivity contribution is 8.18. The van der Waals surface area contributed by atoms with Crippen molar-refractivity contribution in [2.24, 2.45) is 0 Å². The molecule has 0 aromatic heterocycles. The van der Waals surface area contributed by atoms with E-state index in [-0.39, 0.29) is 12.5 Å². The number of nitrogens with zero attached hydrogens (tertiary/aromatic N) is 2. The number of carbonyl (C=O) groups is 3. The van der Waals surface area contributed by atoms with Gasteiger partial charge in [-0.2, -0.15) is 0 Å². The van der Waals surface area contributed by atoms with Crippen molar-refractivity contribution >= 4 is 34.9 Å². The number of thioether (sulfide) groups is 1. The van der Waals surface area contributed by atoms with Crippen LogP contribution in [0.25, 0.3) is 6.08 Å². The van der Waals surface area contributed by atoms with Crippen LogP contribution in [0.15, 0.2) is 47.4 Å². The van der Waals surface area contributed by atoms with Gasteiger partial charge in [0.05, 0.1) is 18.1 Å². The molecule has 2 aliphatic heterocycles. The van der Waals surface area contributed by atoms with E-state index in [1.807, 2.05) is 36.4 Å². The minimum Gasteiger partial charge on any atom is -0.378 e. The Hall–Kier alpha value is -2.38. The van der Waals surface area contributed by atoms with Crippen molar-refractivity contribution in [2.45, 2.75) is 0 Å². The molecule has 1 aromatic rings. The first-order valence-electron chi connectivity index (χ1n) is 7.98. The maximum atomic E-state index is 12.4. The van der Waals surface area contributed by atoms with Gasteiger partial charge in [-0.05, 0) is 23.4 Å². The largest absolute Gasteiger partial charge is 0.378 e. The van der Waals surface area contributed by atoms with Crippen molar-refractivity contribution in [1.82, 2.24) is 9.80 Å². The Morgan fingerprint density at radius 3 is 2.60 bits per heavy atom. The standard InChI is InChI=1S/C18H18N2O4S/c21-16(19-9-11-24-12-10-19)13-20-17(22)15(25-18(20)23)8-4-7-14-5-2-1-3-6-14/h1-8H,9-13H2. The third-order valence-electron chi connectivity index (χ3n) is 3.87. The van der Waals surface area contributed by atoms with E-state index in [9.17, 15) is 14.4 Å². The normalized spacial score (nSPS) is 20.1. The highest BCUT2D eigenvalue weighted by Crippen LogP contribution is 2.30. The molecule has 0 saturated carbocycles. The molecule has 130 valence electrons. The van der Waals surface area contributed by atoms with Gasteiger partial charge >= 0.3 is 0 Å². The van der Waals surface area contributed by atoms with Gasteiger partial charge in [0.1, 0.15) is 6.54 Å². The van der Waals surface area contributed by atoms with Gasteiger partial charge in [0.2, 0.25) is 5.91 Å². The number of carbonyl (C=O) groups excluding carboxylic acids is 3. The molecular formula is C18H18N2O4S. The molecule has 0 radical (unpaired) electrons. The predicted octanol–water partition coefficient (Wildman–Crippen LogP) is 2.14. The summed E-state index contributed by atoms with van der Waals surface area (Å²) < 4.78 is 5.20.